The Hall–Kier alpha value is -2.12. The van der Waals surface area contributed by atoms with Crippen molar-refractivity contribution in [3.8, 4) is 0 Å². The molecule has 1 aliphatic rings. The molecule has 1 atom stereocenters. The quantitative estimate of drug-likeness (QED) is 0.694. The van der Waals surface area contributed by atoms with Gasteiger partial charge in [0.25, 0.3) is 0 Å². The fourth-order valence-corrected chi connectivity index (χ4v) is 3.33. The second-order valence-corrected chi connectivity index (χ2v) is 5.45. The third-order valence-corrected chi connectivity index (χ3v) is 4.29. The molecule has 0 aromatic heterocycles. The van der Waals surface area contributed by atoms with E-state index in [1.807, 2.05) is 0 Å². The average Bonchev–Trinajstić information content (AvgIpc) is 2.54. The third kappa shape index (κ3) is 1.83. The molecule has 1 N–H and O–H groups in total. The van der Waals surface area contributed by atoms with Crippen LogP contribution in [0.5, 0.6) is 0 Å². The van der Waals surface area contributed by atoms with E-state index in [1.165, 1.54) is 27.5 Å². The molecule has 0 amide bonds. The zero-order valence-electron chi connectivity index (χ0n) is 11.3. The Bertz CT molecular complexity index is 755. The molecule has 0 saturated heterocycles. The van der Waals surface area contributed by atoms with Crippen LogP contribution >= 0.6 is 0 Å². The van der Waals surface area contributed by atoms with Crippen molar-refractivity contribution in [2.24, 2.45) is 0 Å². The lowest BCUT2D eigenvalue weighted by Crippen LogP contribution is -2.28. The number of rotatable bonds is 1. The van der Waals surface area contributed by atoms with Crippen molar-refractivity contribution in [1.82, 2.24) is 5.32 Å². The van der Waals surface area contributed by atoms with E-state index in [0.29, 0.717) is 5.92 Å². The van der Waals surface area contributed by atoms with E-state index in [1.54, 1.807) is 0 Å². The molecular weight excluding hydrogens is 242 g/mol. The molecule has 0 bridgehead atoms. The Kier molecular flexibility index (Phi) is 2.79. The predicted molar refractivity (Wildman–Crippen MR) is 83.9 cm³/mol. The number of benzene rings is 3. The van der Waals surface area contributed by atoms with E-state index >= 15 is 0 Å². The predicted octanol–water partition coefficient (Wildman–Crippen LogP) is 4.07. The van der Waals surface area contributed by atoms with Crippen LogP contribution in [0.3, 0.4) is 0 Å². The number of fused-ring (bicyclic) bond motifs is 2. The van der Waals surface area contributed by atoms with Gasteiger partial charge in [-0.3, -0.25) is 0 Å². The van der Waals surface area contributed by atoms with Crippen LogP contribution in [0.15, 0.2) is 66.7 Å². The summed E-state index contributed by atoms with van der Waals surface area (Å²) < 4.78 is 0. The van der Waals surface area contributed by atoms with Crippen LogP contribution in [0.4, 0.5) is 0 Å². The van der Waals surface area contributed by atoms with Crippen LogP contribution < -0.4 is 5.32 Å². The maximum atomic E-state index is 3.55. The fourth-order valence-electron chi connectivity index (χ4n) is 3.33. The largest absolute Gasteiger partial charge is 0.312 e. The molecular formula is C19H17N. The van der Waals surface area contributed by atoms with Crippen molar-refractivity contribution in [1.29, 1.82) is 0 Å². The lowest BCUT2D eigenvalue weighted by Gasteiger charge is -2.27. The Balaban J connectivity index is 1.93. The van der Waals surface area contributed by atoms with Gasteiger partial charge < -0.3 is 5.32 Å². The molecule has 4 rings (SSSR count). The SMILES string of the molecule is c1ccc2c(c1)CNCC2c1cccc2ccccc12. The van der Waals surface area contributed by atoms with Crippen LogP contribution in [-0.2, 0) is 6.54 Å². The van der Waals surface area contributed by atoms with Gasteiger partial charge >= 0.3 is 0 Å². The minimum atomic E-state index is 0.450. The highest BCUT2D eigenvalue weighted by Gasteiger charge is 2.22. The van der Waals surface area contributed by atoms with Crippen molar-refractivity contribution in [2.75, 3.05) is 6.54 Å². The van der Waals surface area contributed by atoms with Gasteiger partial charge in [-0.25, -0.2) is 0 Å². The van der Waals surface area contributed by atoms with Crippen molar-refractivity contribution in [3.05, 3.63) is 83.4 Å². The minimum absolute atomic E-state index is 0.450. The standard InChI is InChI=1S/C19H17N/c1-3-9-16-14(6-1)8-5-11-18(16)19-13-20-12-15-7-2-4-10-17(15)19/h1-11,19-20H,12-13H2. The summed E-state index contributed by atoms with van der Waals surface area (Å²) in [6, 6.07) is 24.1. The Morgan fingerprint density at radius 2 is 1.50 bits per heavy atom. The number of nitrogens with one attached hydrogen (secondary N) is 1. The summed E-state index contributed by atoms with van der Waals surface area (Å²) in [4.78, 5) is 0. The molecule has 1 aliphatic heterocycles. The molecule has 3 aromatic carbocycles. The van der Waals surface area contributed by atoms with Crippen LogP contribution in [0.25, 0.3) is 10.8 Å². The van der Waals surface area contributed by atoms with Gasteiger partial charge in [0.1, 0.15) is 0 Å². The first-order valence-corrected chi connectivity index (χ1v) is 7.19. The number of hydrogen-bond donors (Lipinski definition) is 1. The molecule has 1 unspecified atom stereocenters. The monoisotopic (exact) mass is 259 g/mol. The molecule has 0 spiro atoms. The molecule has 0 radical (unpaired) electrons. The highest BCUT2D eigenvalue weighted by atomic mass is 14.9. The van der Waals surface area contributed by atoms with E-state index in [2.05, 4.69) is 72.0 Å². The minimum Gasteiger partial charge on any atom is -0.312 e. The molecule has 20 heavy (non-hydrogen) atoms. The van der Waals surface area contributed by atoms with Gasteiger partial charge in [0, 0.05) is 19.0 Å². The zero-order valence-corrected chi connectivity index (χ0v) is 11.3. The molecule has 1 nitrogen and oxygen atoms in total. The van der Waals surface area contributed by atoms with E-state index in [-0.39, 0.29) is 0 Å². The van der Waals surface area contributed by atoms with Gasteiger partial charge in [-0.1, -0.05) is 66.7 Å². The van der Waals surface area contributed by atoms with Gasteiger partial charge in [-0.15, -0.1) is 0 Å². The topological polar surface area (TPSA) is 12.0 Å². The second kappa shape index (κ2) is 4.77. The smallest absolute Gasteiger partial charge is 0.0224 e. The van der Waals surface area contributed by atoms with E-state index in [4.69, 9.17) is 0 Å². The maximum absolute atomic E-state index is 3.55. The summed E-state index contributed by atoms with van der Waals surface area (Å²) >= 11 is 0. The van der Waals surface area contributed by atoms with Crippen LogP contribution in [-0.4, -0.2) is 6.54 Å². The highest BCUT2D eigenvalue weighted by molar-refractivity contribution is 5.86. The summed E-state index contributed by atoms with van der Waals surface area (Å²) in [5, 5.41) is 6.25. The molecule has 0 aliphatic carbocycles. The first kappa shape index (κ1) is 11.7. The lowest BCUT2D eigenvalue weighted by atomic mass is 9.83. The molecule has 0 saturated carbocycles. The maximum Gasteiger partial charge on any atom is 0.0224 e. The Labute approximate surface area is 119 Å². The highest BCUT2D eigenvalue weighted by Crippen LogP contribution is 2.33. The summed E-state index contributed by atoms with van der Waals surface area (Å²) in [5.74, 6) is 0.450. The molecule has 1 heterocycles. The molecule has 1 heteroatoms. The van der Waals surface area contributed by atoms with Crippen molar-refractivity contribution < 1.29 is 0 Å². The van der Waals surface area contributed by atoms with E-state index in [0.717, 1.165) is 13.1 Å². The van der Waals surface area contributed by atoms with Gasteiger partial charge in [-0.2, -0.15) is 0 Å². The number of hydrogen-bond acceptors (Lipinski definition) is 1. The summed E-state index contributed by atoms with van der Waals surface area (Å²) in [6.07, 6.45) is 0. The average molecular weight is 259 g/mol. The van der Waals surface area contributed by atoms with Gasteiger partial charge in [0.2, 0.25) is 0 Å². The normalized spacial score (nSPS) is 17.9. The Morgan fingerprint density at radius 1 is 0.750 bits per heavy atom. The van der Waals surface area contributed by atoms with Crippen molar-refractivity contribution in [3.63, 3.8) is 0 Å². The second-order valence-electron chi connectivity index (χ2n) is 5.45. The van der Waals surface area contributed by atoms with Crippen LogP contribution in [0.1, 0.15) is 22.6 Å². The van der Waals surface area contributed by atoms with Crippen LogP contribution in [0.2, 0.25) is 0 Å². The Morgan fingerprint density at radius 3 is 2.50 bits per heavy atom. The van der Waals surface area contributed by atoms with Crippen molar-refractivity contribution >= 4 is 10.8 Å². The van der Waals surface area contributed by atoms with Gasteiger partial charge in [0.15, 0.2) is 0 Å². The lowest BCUT2D eigenvalue weighted by molar-refractivity contribution is 0.593. The van der Waals surface area contributed by atoms with Gasteiger partial charge in [0.05, 0.1) is 0 Å². The summed E-state index contributed by atoms with van der Waals surface area (Å²) in [5.41, 5.74) is 4.34. The zero-order chi connectivity index (χ0) is 13.4. The first-order chi connectivity index (χ1) is 9.93. The molecule has 0 fully saturated rings. The fraction of sp³-hybridized carbons (Fsp3) is 0.158. The van der Waals surface area contributed by atoms with Crippen molar-refractivity contribution in [2.45, 2.75) is 12.5 Å². The van der Waals surface area contributed by atoms with E-state index in [9.17, 15) is 0 Å². The molecule has 3 aromatic rings. The summed E-state index contributed by atoms with van der Waals surface area (Å²) in [6.45, 7) is 2.00. The van der Waals surface area contributed by atoms with Gasteiger partial charge in [-0.05, 0) is 27.5 Å². The van der Waals surface area contributed by atoms with Crippen LogP contribution in [0, 0.1) is 0 Å². The first-order valence-electron chi connectivity index (χ1n) is 7.19. The van der Waals surface area contributed by atoms with E-state index < -0.39 is 0 Å². The summed E-state index contributed by atoms with van der Waals surface area (Å²) in [7, 11) is 0. The molecule has 98 valence electrons. The third-order valence-electron chi connectivity index (χ3n) is 4.29.